The molecule has 0 unspecified atom stereocenters. The van der Waals surface area contributed by atoms with Crippen LogP contribution in [0.1, 0.15) is 6.92 Å². The molecule has 1 aromatic heterocycles. The summed E-state index contributed by atoms with van der Waals surface area (Å²) in [7, 11) is 0. The predicted octanol–water partition coefficient (Wildman–Crippen LogP) is 2.06. The molecule has 0 bridgehead atoms. The molecule has 2 aromatic rings. The van der Waals surface area contributed by atoms with E-state index in [1.807, 2.05) is 0 Å². The van der Waals surface area contributed by atoms with Crippen molar-refractivity contribution in [2.24, 2.45) is 0 Å². The van der Waals surface area contributed by atoms with Crippen molar-refractivity contribution in [1.29, 1.82) is 0 Å². The van der Waals surface area contributed by atoms with Crippen LogP contribution in [-0.2, 0) is 4.79 Å². The summed E-state index contributed by atoms with van der Waals surface area (Å²) in [6.07, 6.45) is 0. The van der Waals surface area contributed by atoms with Crippen LogP contribution >= 0.6 is 0 Å². The monoisotopic (exact) mass is 192 g/mol. The normalized spacial score (nSPS) is 10.4. The molecule has 0 saturated carbocycles. The van der Waals surface area contributed by atoms with Crippen LogP contribution in [0.25, 0.3) is 11.0 Å². The van der Waals surface area contributed by atoms with Crippen LogP contribution < -0.4 is 4.74 Å². The van der Waals surface area contributed by atoms with Gasteiger partial charge in [0, 0.05) is 6.92 Å². The van der Waals surface area contributed by atoms with E-state index >= 15 is 0 Å². The molecule has 1 heterocycles. The van der Waals surface area contributed by atoms with E-state index in [1.165, 1.54) is 6.92 Å². The number of ether oxygens (including phenoxy) is 1. The third kappa shape index (κ3) is 1.31. The van der Waals surface area contributed by atoms with Crippen molar-refractivity contribution in [3.05, 3.63) is 24.3 Å². The van der Waals surface area contributed by atoms with Crippen molar-refractivity contribution >= 4 is 16.9 Å². The molecule has 0 aliphatic carbocycles. The zero-order chi connectivity index (χ0) is 10.1. The average Bonchev–Trinajstić information content (AvgIpc) is 2.44. The largest absolute Gasteiger partial charge is 0.501 e. The Hall–Kier alpha value is -1.97. The molecule has 4 heteroatoms. The Morgan fingerprint density at radius 1 is 1.43 bits per heavy atom. The summed E-state index contributed by atoms with van der Waals surface area (Å²) >= 11 is 0. The molecule has 0 fully saturated rings. The number of carbonyl (C=O) groups is 1. The number of fused-ring (bicyclic) bond motifs is 1. The number of rotatable bonds is 1. The molecule has 0 aliphatic rings. The number of hydrogen-bond acceptors (Lipinski definition) is 4. The maximum atomic E-state index is 10.6. The molecule has 0 spiro atoms. The summed E-state index contributed by atoms with van der Waals surface area (Å²) in [6, 6.07) is 6.89. The van der Waals surface area contributed by atoms with Crippen molar-refractivity contribution in [2.75, 3.05) is 0 Å². The summed E-state index contributed by atoms with van der Waals surface area (Å²) in [5, 5.41) is 10.1. The lowest BCUT2D eigenvalue weighted by Gasteiger charge is -1.94. The molecule has 4 nitrogen and oxygen atoms in total. The first-order chi connectivity index (χ1) is 6.68. The summed E-state index contributed by atoms with van der Waals surface area (Å²) in [5.74, 6) is -0.825. The molecule has 72 valence electrons. The van der Waals surface area contributed by atoms with Gasteiger partial charge in [-0.05, 0) is 12.1 Å². The van der Waals surface area contributed by atoms with E-state index in [2.05, 4.69) is 4.74 Å². The predicted molar refractivity (Wildman–Crippen MR) is 49.2 cm³/mol. The van der Waals surface area contributed by atoms with Gasteiger partial charge in [-0.1, -0.05) is 12.1 Å². The van der Waals surface area contributed by atoms with Crippen LogP contribution in [0.15, 0.2) is 28.7 Å². The Bertz CT molecular complexity index is 484. The summed E-state index contributed by atoms with van der Waals surface area (Å²) in [5.41, 5.74) is 0.487. The van der Waals surface area contributed by atoms with Crippen LogP contribution in [-0.4, -0.2) is 11.1 Å². The smallest absolute Gasteiger partial charge is 0.337 e. The lowest BCUT2D eigenvalue weighted by atomic mass is 10.2. The van der Waals surface area contributed by atoms with Gasteiger partial charge < -0.3 is 14.3 Å². The fraction of sp³-hybridized carbons (Fsp3) is 0.100. The van der Waals surface area contributed by atoms with Gasteiger partial charge in [0.15, 0.2) is 0 Å². The highest BCUT2D eigenvalue weighted by molar-refractivity contribution is 5.87. The van der Waals surface area contributed by atoms with Crippen molar-refractivity contribution in [3.8, 4) is 11.7 Å². The van der Waals surface area contributed by atoms with Crippen LogP contribution in [0.4, 0.5) is 0 Å². The second kappa shape index (κ2) is 3.06. The third-order valence-electron chi connectivity index (χ3n) is 1.77. The topological polar surface area (TPSA) is 59.7 Å². The highest BCUT2D eigenvalue weighted by Crippen LogP contribution is 2.37. The van der Waals surface area contributed by atoms with E-state index in [4.69, 9.17) is 4.42 Å². The minimum absolute atomic E-state index is 0.143. The number of benzene rings is 1. The van der Waals surface area contributed by atoms with Gasteiger partial charge in [-0.3, -0.25) is 4.79 Å². The van der Waals surface area contributed by atoms with Gasteiger partial charge in [-0.15, -0.1) is 0 Å². The molecule has 0 aliphatic heterocycles. The molecule has 2 rings (SSSR count). The standard InChI is InChI=1S/C10H8O4/c1-6(11)13-10-9(12)7-4-2-3-5-8(7)14-10/h2-5,12H,1H3. The lowest BCUT2D eigenvalue weighted by molar-refractivity contribution is -0.133. The van der Waals surface area contributed by atoms with E-state index in [-0.39, 0.29) is 11.7 Å². The van der Waals surface area contributed by atoms with Crippen LogP contribution in [0.5, 0.6) is 11.7 Å². The zero-order valence-electron chi connectivity index (χ0n) is 7.48. The van der Waals surface area contributed by atoms with E-state index in [0.29, 0.717) is 11.0 Å². The molecular formula is C10H8O4. The maximum Gasteiger partial charge on any atom is 0.337 e. The first-order valence-corrected chi connectivity index (χ1v) is 4.07. The highest BCUT2D eigenvalue weighted by Gasteiger charge is 2.15. The summed E-state index contributed by atoms with van der Waals surface area (Å²) in [6.45, 7) is 1.24. The van der Waals surface area contributed by atoms with E-state index < -0.39 is 5.97 Å². The number of para-hydroxylation sites is 1. The van der Waals surface area contributed by atoms with Gasteiger partial charge in [0.25, 0.3) is 0 Å². The van der Waals surface area contributed by atoms with Gasteiger partial charge in [-0.2, -0.15) is 0 Å². The number of carbonyl (C=O) groups excluding carboxylic acids is 1. The zero-order valence-corrected chi connectivity index (χ0v) is 7.48. The minimum atomic E-state index is -0.528. The molecule has 0 atom stereocenters. The molecule has 0 radical (unpaired) electrons. The Morgan fingerprint density at radius 2 is 2.14 bits per heavy atom. The van der Waals surface area contributed by atoms with E-state index in [9.17, 15) is 9.90 Å². The number of aromatic hydroxyl groups is 1. The van der Waals surface area contributed by atoms with Gasteiger partial charge in [0.1, 0.15) is 5.58 Å². The maximum absolute atomic E-state index is 10.6. The minimum Gasteiger partial charge on any atom is -0.501 e. The van der Waals surface area contributed by atoms with E-state index in [1.54, 1.807) is 24.3 Å². The molecular weight excluding hydrogens is 184 g/mol. The highest BCUT2D eigenvalue weighted by atomic mass is 16.6. The quantitative estimate of drug-likeness (QED) is 0.702. The van der Waals surface area contributed by atoms with Crippen molar-refractivity contribution in [3.63, 3.8) is 0 Å². The molecule has 1 N–H and O–H groups in total. The van der Waals surface area contributed by atoms with Gasteiger partial charge in [-0.25, -0.2) is 0 Å². The Labute approximate surface area is 79.7 Å². The second-order valence-electron chi connectivity index (χ2n) is 2.83. The molecule has 14 heavy (non-hydrogen) atoms. The van der Waals surface area contributed by atoms with Crippen molar-refractivity contribution in [2.45, 2.75) is 6.92 Å². The second-order valence-corrected chi connectivity index (χ2v) is 2.83. The average molecular weight is 192 g/mol. The SMILES string of the molecule is CC(=O)Oc1oc2ccccc2c1O. The van der Waals surface area contributed by atoms with Gasteiger partial charge in [0.05, 0.1) is 5.39 Å². The molecule has 0 saturated heterocycles. The Balaban J connectivity index is 2.57. The Morgan fingerprint density at radius 3 is 2.79 bits per heavy atom. The molecule has 1 aromatic carbocycles. The van der Waals surface area contributed by atoms with Crippen LogP contribution in [0.3, 0.4) is 0 Å². The fourth-order valence-electron chi connectivity index (χ4n) is 1.21. The van der Waals surface area contributed by atoms with Crippen LogP contribution in [0.2, 0.25) is 0 Å². The first kappa shape index (κ1) is 8.62. The third-order valence-corrected chi connectivity index (χ3v) is 1.77. The molecule has 0 amide bonds. The van der Waals surface area contributed by atoms with E-state index in [0.717, 1.165) is 0 Å². The summed E-state index contributed by atoms with van der Waals surface area (Å²) < 4.78 is 9.79. The van der Waals surface area contributed by atoms with Crippen LogP contribution in [0, 0.1) is 0 Å². The van der Waals surface area contributed by atoms with Gasteiger partial charge in [0.2, 0.25) is 5.75 Å². The van der Waals surface area contributed by atoms with Crippen molar-refractivity contribution in [1.82, 2.24) is 0 Å². The Kier molecular flexibility index (Phi) is 1.89. The van der Waals surface area contributed by atoms with Crippen molar-refractivity contribution < 1.29 is 19.1 Å². The fourth-order valence-corrected chi connectivity index (χ4v) is 1.21. The first-order valence-electron chi connectivity index (χ1n) is 4.07. The van der Waals surface area contributed by atoms with Gasteiger partial charge >= 0.3 is 11.9 Å². The lowest BCUT2D eigenvalue weighted by Crippen LogP contribution is -1.99. The summed E-state index contributed by atoms with van der Waals surface area (Å²) in [4.78, 5) is 10.6. The number of furan rings is 1. The number of hydrogen-bond donors (Lipinski definition) is 1. The number of esters is 1.